The number of carbonyl (C=O) groups excluding carboxylic acids is 1. The minimum absolute atomic E-state index is 0. The summed E-state index contributed by atoms with van der Waals surface area (Å²) in [5.41, 5.74) is 0.605. The third-order valence-corrected chi connectivity index (χ3v) is 5.19. The molecule has 1 aliphatic rings. The van der Waals surface area contributed by atoms with Crippen LogP contribution in [0.2, 0.25) is 5.02 Å². The van der Waals surface area contributed by atoms with E-state index in [2.05, 4.69) is 19.9 Å². The summed E-state index contributed by atoms with van der Waals surface area (Å²) < 4.78 is 37.5. The van der Waals surface area contributed by atoms with Gasteiger partial charge in [0, 0.05) is 38.8 Å². The fraction of sp³-hybridized carbons (Fsp3) is 0.316. The highest BCUT2D eigenvalue weighted by Crippen LogP contribution is 2.31. The van der Waals surface area contributed by atoms with E-state index in [-0.39, 0.29) is 20.2 Å². The van der Waals surface area contributed by atoms with Gasteiger partial charge in [0.2, 0.25) is 5.91 Å². The number of carbonyl (C=O) groups is 2. The van der Waals surface area contributed by atoms with Crippen LogP contribution in [0.3, 0.4) is 0 Å². The Kier molecular flexibility index (Phi) is 5.63. The van der Waals surface area contributed by atoms with Crippen LogP contribution in [0.15, 0.2) is 24.5 Å². The molecule has 3 aromatic rings. The normalized spacial score (nSPS) is 16.5. The van der Waals surface area contributed by atoms with E-state index in [1.165, 1.54) is 17.2 Å². The molecule has 172 valence electrons. The lowest BCUT2D eigenvalue weighted by atomic mass is 10.2. The van der Waals surface area contributed by atoms with Gasteiger partial charge in [-0.3, -0.25) is 4.79 Å². The Morgan fingerprint density at radius 1 is 1.34 bits per heavy atom. The van der Waals surface area contributed by atoms with E-state index in [1.54, 1.807) is 12.3 Å². The van der Waals surface area contributed by atoms with Crippen molar-refractivity contribution in [1.29, 1.82) is 0 Å². The Labute approximate surface area is 186 Å². The quantitative estimate of drug-likeness (QED) is 0.519. The standard InChI is InChI=1S/C19H16ClF3N6O3.2H2/c20-9-4-10-11(7-25-15(10)24-6-9)16-27-12(18(31)32)5-14(28-16)29-3-1-2-13(29)17(30)26-8-19(21,22)23;;/h4-7,13H,1-3,8H2,(H,24,25)(H,26,30)(H,31,32);2*1H/t13-;;/m1../s1. The molecule has 4 rings (SSSR count). The number of aromatic amines is 1. The lowest BCUT2D eigenvalue weighted by molar-refractivity contribution is -0.139. The predicted octanol–water partition coefficient (Wildman–Crippen LogP) is 3.51. The van der Waals surface area contributed by atoms with Crippen molar-refractivity contribution in [2.75, 3.05) is 18.0 Å². The predicted molar refractivity (Wildman–Crippen MR) is 113 cm³/mol. The van der Waals surface area contributed by atoms with Crippen LogP contribution in [0.5, 0.6) is 0 Å². The van der Waals surface area contributed by atoms with Crippen molar-refractivity contribution in [3.05, 3.63) is 35.2 Å². The highest BCUT2D eigenvalue weighted by atomic mass is 35.5. The van der Waals surface area contributed by atoms with Gasteiger partial charge in [-0.2, -0.15) is 13.2 Å². The van der Waals surface area contributed by atoms with E-state index >= 15 is 0 Å². The van der Waals surface area contributed by atoms with Crippen LogP contribution in [0.25, 0.3) is 22.4 Å². The zero-order valence-corrected chi connectivity index (χ0v) is 17.0. The molecule has 3 N–H and O–H groups in total. The van der Waals surface area contributed by atoms with E-state index in [1.807, 2.05) is 5.32 Å². The van der Waals surface area contributed by atoms with E-state index in [0.29, 0.717) is 41.0 Å². The number of aromatic carboxylic acids is 1. The van der Waals surface area contributed by atoms with E-state index < -0.39 is 30.6 Å². The fourth-order valence-electron chi connectivity index (χ4n) is 3.59. The number of alkyl halides is 3. The SMILES string of the molecule is O=C(O)c1cc(N2CCC[C@@H]2C(=O)NCC(F)(F)F)nc(-c2c[nH]c3ncc(Cl)cc23)n1.[HH].[HH]. The van der Waals surface area contributed by atoms with E-state index in [4.69, 9.17) is 11.6 Å². The molecular weight excluding hydrogens is 453 g/mol. The van der Waals surface area contributed by atoms with Crippen molar-refractivity contribution < 1.29 is 30.7 Å². The summed E-state index contributed by atoms with van der Waals surface area (Å²) >= 11 is 6.02. The first kappa shape index (κ1) is 21.8. The van der Waals surface area contributed by atoms with Gasteiger partial charge in [0.05, 0.1) is 5.02 Å². The summed E-state index contributed by atoms with van der Waals surface area (Å²) in [6, 6.07) is 1.90. The second kappa shape index (κ2) is 8.26. The number of nitrogens with one attached hydrogen (secondary N) is 2. The Morgan fingerprint density at radius 3 is 2.84 bits per heavy atom. The number of aromatic nitrogens is 4. The summed E-state index contributed by atoms with van der Waals surface area (Å²) in [6.45, 7) is -1.13. The first-order chi connectivity index (χ1) is 15.1. The molecule has 0 aromatic carbocycles. The number of carboxylic acid groups (broad SMARTS) is 1. The van der Waals surface area contributed by atoms with Crippen molar-refractivity contribution in [1.82, 2.24) is 25.3 Å². The van der Waals surface area contributed by atoms with Gasteiger partial charge in [0.1, 0.15) is 24.1 Å². The third-order valence-electron chi connectivity index (χ3n) is 4.98. The average Bonchev–Trinajstić information content (AvgIpc) is 3.38. The summed E-state index contributed by atoms with van der Waals surface area (Å²) in [5.74, 6) is -1.94. The van der Waals surface area contributed by atoms with Gasteiger partial charge in [-0.1, -0.05) is 11.6 Å². The minimum Gasteiger partial charge on any atom is -0.477 e. The molecule has 1 saturated heterocycles. The first-order valence-electron chi connectivity index (χ1n) is 9.49. The number of halogens is 4. The molecule has 1 amide bonds. The van der Waals surface area contributed by atoms with Crippen molar-refractivity contribution in [2.24, 2.45) is 0 Å². The largest absolute Gasteiger partial charge is 0.477 e. The Bertz CT molecular complexity index is 1210. The van der Waals surface area contributed by atoms with Crippen molar-refractivity contribution in [3.63, 3.8) is 0 Å². The van der Waals surface area contributed by atoms with Gasteiger partial charge in [-0.15, -0.1) is 0 Å². The van der Waals surface area contributed by atoms with Gasteiger partial charge >= 0.3 is 12.1 Å². The molecule has 1 aliphatic heterocycles. The number of hydrogen-bond donors (Lipinski definition) is 3. The van der Waals surface area contributed by atoms with Gasteiger partial charge in [0.25, 0.3) is 0 Å². The molecule has 3 aromatic heterocycles. The number of amides is 1. The zero-order valence-electron chi connectivity index (χ0n) is 16.3. The second-order valence-electron chi connectivity index (χ2n) is 7.18. The van der Waals surface area contributed by atoms with E-state index in [0.717, 1.165) is 0 Å². The average molecular weight is 473 g/mol. The maximum atomic E-state index is 12.5. The highest BCUT2D eigenvalue weighted by Gasteiger charge is 2.35. The zero-order chi connectivity index (χ0) is 23.0. The number of carboxylic acids is 1. The number of nitrogens with zero attached hydrogens (tertiary/aromatic N) is 4. The molecule has 0 spiro atoms. The number of fused-ring (bicyclic) bond motifs is 1. The van der Waals surface area contributed by atoms with Crippen LogP contribution in [0.4, 0.5) is 19.0 Å². The third kappa shape index (κ3) is 4.44. The molecule has 13 heteroatoms. The van der Waals surface area contributed by atoms with Crippen LogP contribution < -0.4 is 10.2 Å². The number of hydrogen-bond acceptors (Lipinski definition) is 6. The molecule has 32 heavy (non-hydrogen) atoms. The van der Waals surface area contributed by atoms with Crippen LogP contribution >= 0.6 is 11.6 Å². The van der Waals surface area contributed by atoms with Crippen LogP contribution in [0, 0.1) is 0 Å². The Morgan fingerprint density at radius 2 is 2.12 bits per heavy atom. The molecule has 0 bridgehead atoms. The lowest BCUT2D eigenvalue weighted by Crippen LogP contribution is -2.46. The van der Waals surface area contributed by atoms with Gasteiger partial charge in [-0.25, -0.2) is 19.7 Å². The molecule has 0 unspecified atom stereocenters. The van der Waals surface area contributed by atoms with Crippen LogP contribution in [-0.4, -0.2) is 62.2 Å². The fourth-order valence-corrected chi connectivity index (χ4v) is 3.75. The smallest absolute Gasteiger partial charge is 0.405 e. The number of pyridine rings is 1. The highest BCUT2D eigenvalue weighted by molar-refractivity contribution is 6.31. The Hall–Kier alpha value is -3.41. The summed E-state index contributed by atoms with van der Waals surface area (Å²) in [7, 11) is 0. The van der Waals surface area contributed by atoms with E-state index in [9.17, 15) is 27.9 Å². The molecule has 0 aliphatic carbocycles. The second-order valence-corrected chi connectivity index (χ2v) is 7.61. The van der Waals surface area contributed by atoms with Crippen LogP contribution in [0.1, 0.15) is 26.2 Å². The van der Waals surface area contributed by atoms with Gasteiger partial charge in [-0.05, 0) is 18.9 Å². The summed E-state index contributed by atoms with van der Waals surface area (Å²) in [4.78, 5) is 41.1. The molecule has 0 radical (unpaired) electrons. The maximum absolute atomic E-state index is 12.5. The Balaban J connectivity index is 0.00000204. The molecule has 1 atom stereocenters. The molecular formula is C19H20ClF3N6O3. The van der Waals surface area contributed by atoms with Crippen LogP contribution in [-0.2, 0) is 4.79 Å². The van der Waals surface area contributed by atoms with Gasteiger partial charge in [0.15, 0.2) is 11.5 Å². The summed E-state index contributed by atoms with van der Waals surface area (Å²) in [6.07, 6.45) is -0.715. The van der Waals surface area contributed by atoms with Gasteiger partial charge < -0.3 is 20.3 Å². The minimum atomic E-state index is -4.54. The first-order valence-corrected chi connectivity index (χ1v) is 9.86. The molecule has 4 heterocycles. The summed E-state index contributed by atoms with van der Waals surface area (Å²) in [5, 5.41) is 12.3. The molecule has 1 fully saturated rings. The number of H-pyrrole nitrogens is 1. The molecule has 9 nitrogen and oxygen atoms in total. The van der Waals surface area contributed by atoms with Crippen molar-refractivity contribution >= 4 is 40.3 Å². The van der Waals surface area contributed by atoms with Crippen molar-refractivity contribution in [3.8, 4) is 11.4 Å². The molecule has 0 saturated carbocycles. The van der Waals surface area contributed by atoms with Crippen molar-refractivity contribution in [2.45, 2.75) is 25.1 Å². The lowest BCUT2D eigenvalue weighted by Gasteiger charge is -2.25. The topological polar surface area (TPSA) is 124 Å². The maximum Gasteiger partial charge on any atom is 0.405 e. The monoisotopic (exact) mass is 472 g/mol. The number of rotatable bonds is 5. The number of anilines is 1.